The van der Waals surface area contributed by atoms with Crippen LogP contribution in [0.25, 0.3) is 0 Å². The fraction of sp³-hybridized carbons (Fsp3) is 0.714. The van der Waals surface area contributed by atoms with Crippen molar-refractivity contribution in [3.8, 4) is 0 Å². The normalized spacial score (nSPS) is 21.9. The van der Waals surface area contributed by atoms with Crippen LogP contribution in [-0.2, 0) is 13.1 Å². The first kappa shape index (κ1) is 12.7. The minimum atomic E-state index is 0.503. The Labute approximate surface area is 104 Å². The number of rotatable bonds is 4. The van der Waals surface area contributed by atoms with E-state index in [1.165, 1.54) is 37.8 Å². The average Bonchev–Trinajstić information content (AvgIpc) is 2.70. The highest BCUT2D eigenvalue weighted by atomic mass is 16.3. The van der Waals surface area contributed by atoms with Crippen LogP contribution >= 0.6 is 0 Å². The topological polar surface area (TPSA) is 42.4 Å². The number of piperidine rings is 1. The Balaban J connectivity index is 2.03. The molecule has 0 aliphatic carbocycles. The van der Waals surface area contributed by atoms with Crippen molar-refractivity contribution >= 4 is 0 Å². The minimum Gasteiger partial charge on any atom is -0.463 e. The number of likely N-dealkylation sites (tertiary alicyclic amines) is 1. The Morgan fingerprint density at radius 2 is 2.29 bits per heavy atom. The smallest absolute Gasteiger partial charge is 0.120 e. The first-order chi connectivity index (χ1) is 8.24. The quantitative estimate of drug-likeness (QED) is 0.874. The zero-order valence-electron chi connectivity index (χ0n) is 11.0. The molecular weight excluding hydrogens is 212 g/mol. The Morgan fingerprint density at radius 3 is 2.94 bits per heavy atom. The molecule has 1 aromatic heterocycles. The monoisotopic (exact) mass is 236 g/mol. The molecule has 1 unspecified atom stereocenters. The third-order valence-corrected chi connectivity index (χ3v) is 3.84. The highest BCUT2D eigenvalue weighted by Gasteiger charge is 2.22. The molecule has 0 aromatic carbocycles. The molecule has 2 rings (SSSR count). The summed E-state index contributed by atoms with van der Waals surface area (Å²) < 4.78 is 5.79. The molecule has 96 valence electrons. The van der Waals surface area contributed by atoms with Gasteiger partial charge in [0.1, 0.15) is 11.5 Å². The molecule has 1 aliphatic heterocycles. The fourth-order valence-corrected chi connectivity index (χ4v) is 2.80. The summed E-state index contributed by atoms with van der Waals surface area (Å²) in [7, 11) is 0. The van der Waals surface area contributed by atoms with Gasteiger partial charge in [-0.2, -0.15) is 0 Å². The second kappa shape index (κ2) is 5.69. The maximum absolute atomic E-state index is 5.79. The van der Waals surface area contributed by atoms with E-state index in [0.717, 1.165) is 24.1 Å². The summed E-state index contributed by atoms with van der Waals surface area (Å²) >= 11 is 0. The molecular formula is C14H24N2O. The van der Waals surface area contributed by atoms with Crippen LogP contribution in [0.4, 0.5) is 0 Å². The van der Waals surface area contributed by atoms with E-state index in [4.69, 9.17) is 10.2 Å². The van der Waals surface area contributed by atoms with Gasteiger partial charge in [-0.3, -0.25) is 4.90 Å². The van der Waals surface area contributed by atoms with Crippen molar-refractivity contribution in [2.24, 2.45) is 5.73 Å². The highest BCUT2D eigenvalue weighted by molar-refractivity contribution is 5.19. The molecule has 1 aliphatic rings. The zero-order chi connectivity index (χ0) is 12.3. The molecule has 2 N–H and O–H groups in total. The largest absolute Gasteiger partial charge is 0.463 e. The van der Waals surface area contributed by atoms with E-state index < -0.39 is 0 Å². The summed E-state index contributed by atoms with van der Waals surface area (Å²) in [5.41, 5.74) is 6.83. The number of nitrogens with zero attached hydrogens (tertiary/aromatic N) is 1. The lowest BCUT2D eigenvalue weighted by Crippen LogP contribution is -2.38. The van der Waals surface area contributed by atoms with Gasteiger partial charge in [-0.05, 0) is 44.4 Å². The summed E-state index contributed by atoms with van der Waals surface area (Å²) in [6.45, 7) is 7.00. The number of nitrogens with two attached hydrogens (primary N) is 1. The summed E-state index contributed by atoms with van der Waals surface area (Å²) in [4.78, 5) is 2.56. The van der Waals surface area contributed by atoms with Crippen molar-refractivity contribution < 1.29 is 4.42 Å². The molecule has 1 atom stereocenters. The number of hydrogen-bond donors (Lipinski definition) is 1. The fourth-order valence-electron chi connectivity index (χ4n) is 2.80. The third-order valence-electron chi connectivity index (χ3n) is 3.84. The lowest BCUT2D eigenvalue weighted by atomic mass is 10.00. The Hall–Kier alpha value is -0.800. The first-order valence-corrected chi connectivity index (χ1v) is 6.77. The van der Waals surface area contributed by atoms with E-state index in [2.05, 4.69) is 24.8 Å². The second-order valence-corrected chi connectivity index (χ2v) is 5.05. The number of furan rings is 1. The summed E-state index contributed by atoms with van der Waals surface area (Å²) in [6.07, 6.45) is 5.27. The zero-order valence-corrected chi connectivity index (χ0v) is 11.0. The molecule has 3 nitrogen and oxygen atoms in total. The Kier molecular flexibility index (Phi) is 4.24. The van der Waals surface area contributed by atoms with Gasteiger partial charge in [-0.15, -0.1) is 0 Å². The lowest BCUT2D eigenvalue weighted by Gasteiger charge is -2.34. The predicted octanol–water partition coefficient (Wildman–Crippen LogP) is 2.81. The molecule has 0 saturated carbocycles. The van der Waals surface area contributed by atoms with Gasteiger partial charge in [0, 0.05) is 6.04 Å². The average molecular weight is 236 g/mol. The van der Waals surface area contributed by atoms with Crippen molar-refractivity contribution in [3.63, 3.8) is 0 Å². The van der Waals surface area contributed by atoms with Crippen LogP contribution in [0.1, 0.15) is 49.7 Å². The van der Waals surface area contributed by atoms with Crippen molar-refractivity contribution in [2.75, 3.05) is 6.54 Å². The van der Waals surface area contributed by atoms with Gasteiger partial charge in [0.2, 0.25) is 0 Å². The van der Waals surface area contributed by atoms with Crippen LogP contribution in [0.3, 0.4) is 0 Å². The van der Waals surface area contributed by atoms with E-state index in [0.29, 0.717) is 6.54 Å². The maximum Gasteiger partial charge on any atom is 0.120 e. The molecule has 0 spiro atoms. The highest BCUT2D eigenvalue weighted by Crippen LogP contribution is 2.23. The van der Waals surface area contributed by atoms with Crippen LogP contribution in [-0.4, -0.2) is 17.5 Å². The molecule has 1 saturated heterocycles. The number of aryl methyl sites for hydroxylation is 1. The van der Waals surface area contributed by atoms with E-state index in [9.17, 15) is 0 Å². The Morgan fingerprint density at radius 1 is 1.47 bits per heavy atom. The molecule has 1 fully saturated rings. The molecule has 2 heterocycles. The van der Waals surface area contributed by atoms with E-state index in [-0.39, 0.29) is 0 Å². The van der Waals surface area contributed by atoms with Crippen molar-refractivity contribution in [3.05, 3.63) is 23.2 Å². The van der Waals surface area contributed by atoms with Crippen molar-refractivity contribution in [1.82, 2.24) is 4.90 Å². The van der Waals surface area contributed by atoms with E-state index in [1.807, 2.05) is 0 Å². The number of hydrogen-bond acceptors (Lipinski definition) is 3. The van der Waals surface area contributed by atoms with Gasteiger partial charge in [-0.1, -0.05) is 13.3 Å². The minimum absolute atomic E-state index is 0.503. The van der Waals surface area contributed by atoms with Crippen LogP contribution in [0.2, 0.25) is 0 Å². The van der Waals surface area contributed by atoms with E-state index >= 15 is 0 Å². The molecule has 0 amide bonds. The standard InChI is InChI=1S/C14H24N2O/c1-3-12-6-4-5-7-16(12)10-13-8-11(2)14(9-15)17-13/h8,12H,3-7,9-10,15H2,1-2H3. The van der Waals surface area contributed by atoms with E-state index in [1.54, 1.807) is 0 Å². The summed E-state index contributed by atoms with van der Waals surface area (Å²) in [5.74, 6) is 2.01. The van der Waals surface area contributed by atoms with Gasteiger partial charge >= 0.3 is 0 Å². The van der Waals surface area contributed by atoms with Gasteiger partial charge in [-0.25, -0.2) is 0 Å². The van der Waals surface area contributed by atoms with Crippen molar-refractivity contribution in [1.29, 1.82) is 0 Å². The van der Waals surface area contributed by atoms with Crippen molar-refractivity contribution in [2.45, 2.75) is 58.7 Å². The van der Waals surface area contributed by atoms with Crippen LogP contribution in [0.5, 0.6) is 0 Å². The molecule has 1 aromatic rings. The molecule has 17 heavy (non-hydrogen) atoms. The van der Waals surface area contributed by atoms with Gasteiger partial charge in [0.15, 0.2) is 0 Å². The first-order valence-electron chi connectivity index (χ1n) is 6.77. The lowest BCUT2D eigenvalue weighted by molar-refractivity contribution is 0.126. The second-order valence-electron chi connectivity index (χ2n) is 5.05. The van der Waals surface area contributed by atoms with Crippen LogP contribution in [0, 0.1) is 6.92 Å². The molecule has 0 bridgehead atoms. The van der Waals surface area contributed by atoms with Gasteiger partial charge < -0.3 is 10.2 Å². The SMILES string of the molecule is CCC1CCCCN1Cc1cc(C)c(CN)o1. The predicted molar refractivity (Wildman–Crippen MR) is 69.7 cm³/mol. The molecule has 0 radical (unpaired) electrons. The third kappa shape index (κ3) is 2.90. The Bertz CT molecular complexity index is 359. The van der Waals surface area contributed by atoms with Gasteiger partial charge in [0.05, 0.1) is 13.1 Å². The summed E-state index contributed by atoms with van der Waals surface area (Å²) in [5, 5.41) is 0. The van der Waals surface area contributed by atoms with Crippen LogP contribution < -0.4 is 5.73 Å². The summed E-state index contributed by atoms with van der Waals surface area (Å²) in [6, 6.07) is 2.87. The molecule has 3 heteroatoms. The maximum atomic E-state index is 5.79. The van der Waals surface area contributed by atoms with Crippen LogP contribution in [0.15, 0.2) is 10.5 Å². The van der Waals surface area contributed by atoms with Gasteiger partial charge in [0.25, 0.3) is 0 Å².